The van der Waals surface area contributed by atoms with Crippen LogP contribution >= 0.6 is 11.6 Å². The molecule has 0 radical (unpaired) electrons. The van der Waals surface area contributed by atoms with Crippen molar-refractivity contribution in [2.75, 3.05) is 13.2 Å². The zero-order chi connectivity index (χ0) is 18.2. The topological polar surface area (TPSA) is 64.6 Å². The lowest BCUT2D eigenvalue weighted by Gasteiger charge is -2.10. The molecule has 0 unspecified atom stereocenters. The Hall–Kier alpha value is -2.60. The second-order valence-electron chi connectivity index (χ2n) is 5.23. The molecule has 0 aliphatic carbocycles. The first-order valence-electron chi connectivity index (χ1n) is 7.50. The van der Waals surface area contributed by atoms with Gasteiger partial charge in [-0.15, -0.1) is 0 Å². The summed E-state index contributed by atoms with van der Waals surface area (Å²) in [7, 11) is 0. The third-order valence-electron chi connectivity index (χ3n) is 3.28. The lowest BCUT2D eigenvalue weighted by Crippen LogP contribution is -2.29. The highest BCUT2D eigenvalue weighted by molar-refractivity contribution is 6.30. The number of benzene rings is 2. The van der Waals surface area contributed by atoms with Crippen LogP contribution in [-0.2, 0) is 20.9 Å². The van der Waals surface area contributed by atoms with E-state index in [1.807, 2.05) is 0 Å². The van der Waals surface area contributed by atoms with Crippen LogP contribution in [0.25, 0.3) is 0 Å². The van der Waals surface area contributed by atoms with Crippen LogP contribution in [0.2, 0.25) is 5.02 Å². The maximum absolute atomic E-state index is 13.4. The van der Waals surface area contributed by atoms with Crippen molar-refractivity contribution in [1.29, 1.82) is 0 Å². The number of carbonyl (C=O) groups is 2. The van der Waals surface area contributed by atoms with Gasteiger partial charge in [0.25, 0.3) is 5.91 Å². The maximum atomic E-state index is 13.4. The van der Waals surface area contributed by atoms with Crippen molar-refractivity contribution in [3.8, 4) is 5.75 Å². The molecule has 0 heterocycles. The summed E-state index contributed by atoms with van der Waals surface area (Å²) in [5, 5.41) is 3.04. The minimum atomic E-state index is -0.685. The number of carbonyl (C=O) groups excluding carboxylic acids is 2. The summed E-state index contributed by atoms with van der Waals surface area (Å²) in [4.78, 5) is 23.2. The number of esters is 1. The van der Waals surface area contributed by atoms with Gasteiger partial charge in [-0.2, -0.15) is 0 Å². The van der Waals surface area contributed by atoms with Gasteiger partial charge in [-0.05, 0) is 36.8 Å². The molecule has 2 aromatic carbocycles. The van der Waals surface area contributed by atoms with E-state index in [2.05, 4.69) is 5.32 Å². The molecule has 25 heavy (non-hydrogen) atoms. The van der Waals surface area contributed by atoms with E-state index in [0.717, 1.165) is 5.56 Å². The number of ether oxygens (including phenoxy) is 2. The van der Waals surface area contributed by atoms with E-state index >= 15 is 0 Å². The van der Waals surface area contributed by atoms with E-state index in [1.54, 1.807) is 43.3 Å². The van der Waals surface area contributed by atoms with Crippen LogP contribution in [0.15, 0.2) is 42.5 Å². The Labute approximate surface area is 149 Å². The molecule has 7 heteroatoms. The van der Waals surface area contributed by atoms with Crippen molar-refractivity contribution in [2.24, 2.45) is 0 Å². The smallest absolute Gasteiger partial charge is 0.344 e. The molecule has 0 fully saturated rings. The van der Waals surface area contributed by atoms with Gasteiger partial charge in [-0.3, -0.25) is 4.79 Å². The van der Waals surface area contributed by atoms with E-state index < -0.39 is 24.3 Å². The fourth-order valence-corrected chi connectivity index (χ4v) is 2.21. The lowest BCUT2D eigenvalue weighted by molar-refractivity contribution is -0.150. The van der Waals surface area contributed by atoms with Gasteiger partial charge in [0.2, 0.25) is 0 Å². The minimum absolute atomic E-state index is 0.0174. The zero-order valence-corrected chi connectivity index (χ0v) is 14.3. The summed E-state index contributed by atoms with van der Waals surface area (Å²) in [6, 6.07) is 11.1. The Morgan fingerprint density at radius 1 is 1.16 bits per heavy atom. The van der Waals surface area contributed by atoms with E-state index in [0.29, 0.717) is 16.3 Å². The second kappa shape index (κ2) is 9.03. The van der Waals surface area contributed by atoms with Gasteiger partial charge in [0, 0.05) is 17.1 Å². The molecular weight excluding hydrogens is 349 g/mol. The second-order valence-corrected chi connectivity index (χ2v) is 5.66. The molecule has 0 saturated carbocycles. The maximum Gasteiger partial charge on any atom is 0.344 e. The molecule has 0 saturated heterocycles. The fraction of sp³-hybridized carbons (Fsp3) is 0.222. The highest BCUT2D eigenvalue weighted by atomic mass is 35.5. The number of rotatable bonds is 7. The molecular formula is C18H17ClFNO4. The summed E-state index contributed by atoms with van der Waals surface area (Å²) >= 11 is 5.83. The number of amides is 1. The fourth-order valence-electron chi connectivity index (χ4n) is 1.99. The van der Waals surface area contributed by atoms with Crippen molar-refractivity contribution in [3.63, 3.8) is 0 Å². The number of nitrogens with one attached hydrogen (secondary N) is 1. The Morgan fingerprint density at radius 2 is 1.92 bits per heavy atom. The summed E-state index contributed by atoms with van der Waals surface area (Å²) in [6.45, 7) is 1.02. The predicted molar refractivity (Wildman–Crippen MR) is 90.9 cm³/mol. The molecule has 0 aliphatic heterocycles. The molecule has 0 aliphatic rings. The average molecular weight is 366 g/mol. The first-order chi connectivity index (χ1) is 12.0. The molecule has 132 valence electrons. The monoisotopic (exact) mass is 365 g/mol. The van der Waals surface area contributed by atoms with Gasteiger partial charge in [-0.25, -0.2) is 9.18 Å². The quantitative estimate of drug-likeness (QED) is 0.766. The third kappa shape index (κ3) is 6.08. The van der Waals surface area contributed by atoms with Crippen LogP contribution < -0.4 is 10.1 Å². The Bertz CT molecular complexity index is 766. The van der Waals surface area contributed by atoms with Crippen molar-refractivity contribution in [3.05, 3.63) is 64.4 Å². The molecule has 5 nitrogen and oxygen atoms in total. The third-order valence-corrected chi connectivity index (χ3v) is 3.52. The van der Waals surface area contributed by atoms with Crippen LogP contribution in [-0.4, -0.2) is 25.1 Å². The summed E-state index contributed by atoms with van der Waals surface area (Å²) in [5.74, 6) is -1.12. The molecule has 2 aromatic rings. The Balaban J connectivity index is 1.70. The van der Waals surface area contributed by atoms with Crippen LogP contribution in [0.5, 0.6) is 5.75 Å². The van der Waals surface area contributed by atoms with Gasteiger partial charge in [-0.1, -0.05) is 29.8 Å². The molecule has 0 aromatic heterocycles. The lowest BCUT2D eigenvalue weighted by atomic mass is 10.2. The van der Waals surface area contributed by atoms with E-state index in [9.17, 15) is 14.0 Å². The molecule has 1 N–H and O–H groups in total. The largest absolute Gasteiger partial charge is 0.482 e. The van der Waals surface area contributed by atoms with Crippen LogP contribution in [0.3, 0.4) is 0 Å². The molecule has 0 atom stereocenters. The minimum Gasteiger partial charge on any atom is -0.482 e. The van der Waals surface area contributed by atoms with E-state index in [1.165, 1.54) is 6.07 Å². The summed E-state index contributed by atoms with van der Waals surface area (Å²) < 4.78 is 23.5. The molecule has 1 amide bonds. The first-order valence-corrected chi connectivity index (χ1v) is 7.88. The van der Waals surface area contributed by atoms with Gasteiger partial charge >= 0.3 is 5.97 Å². The highest BCUT2D eigenvalue weighted by Gasteiger charge is 2.10. The van der Waals surface area contributed by atoms with Crippen molar-refractivity contribution >= 4 is 23.5 Å². The number of halogens is 2. The van der Waals surface area contributed by atoms with E-state index in [4.69, 9.17) is 21.1 Å². The van der Waals surface area contributed by atoms with Gasteiger partial charge in [0.1, 0.15) is 11.6 Å². The average Bonchev–Trinajstić information content (AvgIpc) is 2.58. The SMILES string of the molecule is Cc1cc(Cl)ccc1OCC(=O)OCC(=O)NCc1ccccc1F. The molecule has 0 spiro atoms. The van der Waals surface area contributed by atoms with Crippen molar-refractivity contribution < 1.29 is 23.5 Å². The first kappa shape index (κ1) is 18.7. The van der Waals surface area contributed by atoms with Gasteiger partial charge in [0.15, 0.2) is 13.2 Å². The van der Waals surface area contributed by atoms with Gasteiger partial charge in [0.05, 0.1) is 0 Å². The summed E-state index contributed by atoms with van der Waals surface area (Å²) in [5.41, 5.74) is 1.13. The van der Waals surface area contributed by atoms with E-state index in [-0.39, 0.29) is 13.2 Å². The van der Waals surface area contributed by atoms with Crippen molar-refractivity contribution in [2.45, 2.75) is 13.5 Å². The van der Waals surface area contributed by atoms with Gasteiger partial charge < -0.3 is 14.8 Å². The van der Waals surface area contributed by atoms with Crippen molar-refractivity contribution in [1.82, 2.24) is 5.32 Å². The predicted octanol–water partition coefficient (Wildman–Crippen LogP) is 3.03. The number of aryl methyl sites for hydroxylation is 1. The standard InChI is InChI=1S/C18H17ClFNO4/c1-12-8-14(19)6-7-16(12)24-11-18(23)25-10-17(22)21-9-13-4-2-3-5-15(13)20/h2-8H,9-11H2,1H3,(H,21,22). The number of hydrogen-bond acceptors (Lipinski definition) is 4. The number of hydrogen-bond donors (Lipinski definition) is 1. The molecule has 0 bridgehead atoms. The van der Waals surface area contributed by atoms with Crippen LogP contribution in [0, 0.1) is 12.7 Å². The molecule has 2 rings (SSSR count). The van der Waals surface area contributed by atoms with Crippen LogP contribution in [0.4, 0.5) is 4.39 Å². The highest BCUT2D eigenvalue weighted by Crippen LogP contribution is 2.21. The Kier molecular flexibility index (Phi) is 6.77. The Morgan fingerprint density at radius 3 is 2.64 bits per heavy atom. The van der Waals surface area contributed by atoms with Crippen LogP contribution in [0.1, 0.15) is 11.1 Å². The normalized spacial score (nSPS) is 10.2. The zero-order valence-electron chi connectivity index (χ0n) is 13.6. The summed E-state index contributed by atoms with van der Waals surface area (Å²) in [6.07, 6.45) is 0.